The van der Waals surface area contributed by atoms with Gasteiger partial charge in [-0.3, -0.25) is 0 Å². The van der Waals surface area contributed by atoms with Gasteiger partial charge >= 0.3 is 5.97 Å². The molecule has 1 unspecified atom stereocenters. The van der Waals surface area contributed by atoms with Crippen LogP contribution < -0.4 is 5.32 Å². The lowest BCUT2D eigenvalue weighted by atomic mass is 10.1. The molecule has 0 aliphatic rings. The summed E-state index contributed by atoms with van der Waals surface area (Å²) in [6, 6.07) is 5.59. The van der Waals surface area contributed by atoms with E-state index in [2.05, 4.69) is 10.3 Å². The van der Waals surface area contributed by atoms with Crippen LogP contribution in [0.4, 0.5) is 5.69 Å². The Kier molecular flexibility index (Phi) is 4.08. The Morgan fingerprint density at radius 3 is 2.80 bits per heavy atom. The van der Waals surface area contributed by atoms with Crippen molar-refractivity contribution in [1.82, 2.24) is 9.55 Å². The predicted octanol–water partition coefficient (Wildman–Crippen LogP) is 2.69. The van der Waals surface area contributed by atoms with Gasteiger partial charge in [-0.2, -0.15) is 0 Å². The Hall–Kier alpha value is -2.30. The van der Waals surface area contributed by atoms with Gasteiger partial charge in [0.15, 0.2) is 0 Å². The van der Waals surface area contributed by atoms with Crippen LogP contribution in [-0.2, 0) is 11.8 Å². The van der Waals surface area contributed by atoms with E-state index in [1.807, 2.05) is 43.8 Å². The molecular formula is C15H19N3O2. The van der Waals surface area contributed by atoms with Gasteiger partial charge in [0.05, 0.1) is 18.7 Å². The predicted molar refractivity (Wildman–Crippen MR) is 77.8 cm³/mol. The van der Waals surface area contributed by atoms with Gasteiger partial charge in [0.1, 0.15) is 5.82 Å². The number of aromatic nitrogens is 2. The monoisotopic (exact) mass is 273 g/mol. The number of rotatable bonds is 4. The molecule has 20 heavy (non-hydrogen) atoms. The molecule has 1 aromatic heterocycles. The van der Waals surface area contributed by atoms with E-state index in [1.165, 1.54) is 7.11 Å². The number of hydrogen-bond donors (Lipinski definition) is 1. The highest BCUT2D eigenvalue weighted by Crippen LogP contribution is 2.24. The molecule has 0 aliphatic carbocycles. The summed E-state index contributed by atoms with van der Waals surface area (Å²) in [5.41, 5.74) is 2.35. The van der Waals surface area contributed by atoms with Crippen LogP contribution in [0.25, 0.3) is 0 Å². The quantitative estimate of drug-likeness (QED) is 0.870. The van der Waals surface area contributed by atoms with Crippen LogP contribution in [0.3, 0.4) is 0 Å². The number of hydrogen-bond acceptors (Lipinski definition) is 4. The van der Waals surface area contributed by atoms with Crippen molar-refractivity contribution in [3.05, 3.63) is 47.5 Å². The highest BCUT2D eigenvalue weighted by atomic mass is 16.5. The zero-order valence-corrected chi connectivity index (χ0v) is 12.2. The number of nitrogens with zero attached hydrogens (tertiary/aromatic N) is 2. The van der Waals surface area contributed by atoms with E-state index in [0.717, 1.165) is 17.1 Å². The second kappa shape index (κ2) is 5.77. The van der Waals surface area contributed by atoms with E-state index < -0.39 is 0 Å². The molecule has 106 valence electrons. The maximum Gasteiger partial charge on any atom is 0.338 e. The average molecular weight is 273 g/mol. The first-order chi connectivity index (χ1) is 9.54. The van der Waals surface area contributed by atoms with Crippen LogP contribution in [0.5, 0.6) is 0 Å². The van der Waals surface area contributed by atoms with E-state index in [9.17, 15) is 4.79 Å². The first-order valence-electron chi connectivity index (χ1n) is 6.46. The number of carbonyl (C=O) groups excluding carboxylic acids is 1. The van der Waals surface area contributed by atoms with Gasteiger partial charge in [-0.25, -0.2) is 9.78 Å². The second-order valence-electron chi connectivity index (χ2n) is 4.73. The first-order valence-corrected chi connectivity index (χ1v) is 6.46. The third-order valence-electron chi connectivity index (χ3n) is 3.36. The molecule has 5 heteroatoms. The number of carbonyl (C=O) groups is 1. The number of anilines is 1. The fourth-order valence-electron chi connectivity index (χ4n) is 2.22. The fraction of sp³-hybridized carbons (Fsp3) is 0.333. The van der Waals surface area contributed by atoms with Crippen LogP contribution in [0.1, 0.15) is 34.7 Å². The molecule has 1 aromatic carbocycles. The van der Waals surface area contributed by atoms with Gasteiger partial charge in [0.2, 0.25) is 0 Å². The van der Waals surface area contributed by atoms with Crippen molar-refractivity contribution in [2.75, 3.05) is 12.4 Å². The number of imidazole rings is 1. The molecule has 1 heterocycles. The van der Waals surface area contributed by atoms with Gasteiger partial charge in [-0.05, 0) is 31.5 Å². The highest BCUT2D eigenvalue weighted by Gasteiger charge is 2.15. The molecule has 2 rings (SSSR count). The Morgan fingerprint density at radius 1 is 1.45 bits per heavy atom. The van der Waals surface area contributed by atoms with E-state index >= 15 is 0 Å². The van der Waals surface area contributed by atoms with Crippen LogP contribution in [0.2, 0.25) is 0 Å². The van der Waals surface area contributed by atoms with Crippen LogP contribution >= 0.6 is 0 Å². The third-order valence-corrected chi connectivity index (χ3v) is 3.36. The Labute approximate surface area is 118 Å². The minimum absolute atomic E-state index is 0.0431. The summed E-state index contributed by atoms with van der Waals surface area (Å²) in [6.45, 7) is 3.94. The summed E-state index contributed by atoms with van der Waals surface area (Å²) in [5.74, 6) is 0.615. The normalized spacial score (nSPS) is 12.0. The SMILES string of the molecule is COC(=O)c1cccc(NC(C)c2nccn2C)c1C. The van der Waals surface area contributed by atoms with Crippen molar-refractivity contribution in [2.45, 2.75) is 19.9 Å². The molecule has 0 fully saturated rings. The molecule has 0 radical (unpaired) electrons. The summed E-state index contributed by atoms with van der Waals surface area (Å²) in [4.78, 5) is 16.0. The number of ether oxygens (including phenoxy) is 1. The Balaban J connectivity index is 2.26. The van der Waals surface area contributed by atoms with Crippen LogP contribution in [-0.4, -0.2) is 22.6 Å². The van der Waals surface area contributed by atoms with Gasteiger partial charge in [0, 0.05) is 25.1 Å². The minimum Gasteiger partial charge on any atom is -0.465 e. The molecule has 2 aromatic rings. The topological polar surface area (TPSA) is 56.1 Å². The molecule has 0 bridgehead atoms. The molecule has 5 nitrogen and oxygen atoms in total. The van der Waals surface area contributed by atoms with Crippen molar-refractivity contribution in [3.8, 4) is 0 Å². The number of esters is 1. The molecule has 0 amide bonds. The number of nitrogens with one attached hydrogen (secondary N) is 1. The van der Waals surface area contributed by atoms with Crippen molar-refractivity contribution in [2.24, 2.45) is 7.05 Å². The molecule has 0 aliphatic heterocycles. The van der Waals surface area contributed by atoms with Gasteiger partial charge < -0.3 is 14.6 Å². The standard InChI is InChI=1S/C15H19N3O2/c1-10-12(15(19)20-4)6-5-7-13(10)17-11(2)14-16-8-9-18(14)3/h5-9,11,17H,1-4H3. The minimum atomic E-state index is -0.323. The summed E-state index contributed by atoms with van der Waals surface area (Å²) in [6.07, 6.45) is 3.68. The molecular weight excluding hydrogens is 254 g/mol. The molecule has 0 saturated heterocycles. The third kappa shape index (κ3) is 2.66. The largest absolute Gasteiger partial charge is 0.465 e. The number of aryl methyl sites for hydroxylation is 1. The maximum atomic E-state index is 11.7. The fourth-order valence-corrected chi connectivity index (χ4v) is 2.22. The first kappa shape index (κ1) is 14.1. The summed E-state index contributed by atoms with van der Waals surface area (Å²) in [7, 11) is 3.34. The zero-order chi connectivity index (χ0) is 14.7. The lowest BCUT2D eigenvalue weighted by molar-refractivity contribution is 0.0600. The summed E-state index contributed by atoms with van der Waals surface area (Å²) in [5, 5.41) is 3.38. The van der Waals surface area contributed by atoms with Crippen molar-refractivity contribution < 1.29 is 9.53 Å². The lowest BCUT2D eigenvalue weighted by Crippen LogP contribution is -2.14. The summed E-state index contributed by atoms with van der Waals surface area (Å²) < 4.78 is 6.75. The molecule has 1 atom stereocenters. The van der Waals surface area contributed by atoms with E-state index in [1.54, 1.807) is 12.3 Å². The molecule has 0 spiro atoms. The molecule has 1 N–H and O–H groups in total. The summed E-state index contributed by atoms with van der Waals surface area (Å²) >= 11 is 0. The van der Waals surface area contributed by atoms with Crippen molar-refractivity contribution in [1.29, 1.82) is 0 Å². The maximum absolute atomic E-state index is 11.7. The Morgan fingerprint density at radius 2 is 2.20 bits per heavy atom. The van der Waals surface area contributed by atoms with Gasteiger partial charge in [0.25, 0.3) is 0 Å². The second-order valence-corrected chi connectivity index (χ2v) is 4.73. The number of methoxy groups -OCH3 is 1. The van der Waals surface area contributed by atoms with E-state index in [-0.39, 0.29) is 12.0 Å². The zero-order valence-electron chi connectivity index (χ0n) is 12.2. The van der Waals surface area contributed by atoms with Crippen molar-refractivity contribution >= 4 is 11.7 Å². The average Bonchev–Trinajstić information content (AvgIpc) is 2.86. The van der Waals surface area contributed by atoms with Crippen LogP contribution in [0, 0.1) is 6.92 Å². The lowest BCUT2D eigenvalue weighted by Gasteiger charge is -2.18. The Bertz CT molecular complexity index is 619. The van der Waals surface area contributed by atoms with E-state index in [0.29, 0.717) is 5.56 Å². The van der Waals surface area contributed by atoms with Gasteiger partial charge in [-0.15, -0.1) is 0 Å². The van der Waals surface area contributed by atoms with Crippen molar-refractivity contribution in [3.63, 3.8) is 0 Å². The van der Waals surface area contributed by atoms with E-state index in [4.69, 9.17) is 4.74 Å². The highest BCUT2D eigenvalue weighted by molar-refractivity contribution is 5.92. The van der Waals surface area contributed by atoms with Crippen LogP contribution in [0.15, 0.2) is 30.6 Å². The smallest absolute Gasteiger partial charge is 0.338 e. The molecule has 0 saturated carbocycles. The van der Waals surface area contributed by atoms with Gasteiger partial charge in [-0.1, -0.05) is 6.07 Å². The number of benzene rings is 1.